The fourth-order valence-electron chi connectivity index (χ4n) is 16.5. The quantitative estimate of drug-likeness (QED) is 0.0423. The third-order valence-corrected chi connectivity index (χ3v) is 24.4. The lowest BCUT2D eigenvalue weighted by Gasteiger charge is -2.36. The summed E-state index contributed by atoms with van der Waals surface area (Å²) in [6.45, 7) is 32.4. The van der Waals surface area contributed by atoms with E-state index in [-0.39, 0.29) is 62.8 Å². The maximum Gasteiger partial charge on any atom is 0.174 e. The highest BCUT2D eigenvalue weighted by Gasteiger charge is 2.27. The average molecular weight is 1680 g/mol. The third kappa shape index (κ3) is 26.4. The number of carbonyl (C=O) groups is 5. The minimum atomic E-state index is 0. The maximum absolute atomic E-state index is 12.5. The smallest absolute Gasteiger partial charge is 0.174 e. The summed E-state index contributed by atoms with van der Waals surface area (Å²) in [5.74, 6) is 6.34. The highest BCUT2D eigenvalue weighted by molar-refractivity contribution is 6.34. The number of para-hydroxylation sites is 1. The van der Waals surface area contributed by atoms with Crippen LogP contribution in [0.2, 0.25) is 10.0 Å². The van der Waals surface area contributed by atoms with Crippen LogP contribution in [0.4, 0.5) is 22.7 Å². The van der Waals surface area contributed by atoms with Crippen molar-refractivity contribution in [3.8, 4) is 40.2 Å². The van der Waals surface area contributed by atoms with Crippen molar-refractivity contribution >= 4 is 74.9 Å². The maximum atomic E-state index is 12.5. The van der Waals surface area contributed by atoms with Crippen molar-refractivity contribution in [3.05, 3.63) is 218 Å². The van der Waals surface area contributed by atoms with Gasteiger partial charge in [-0.15, -0.1) is 0 Å². The van der Waals surface area contributed by atoms with Crippen molar-refractivity contribution in [2.24, 2.45) is 0 Å². The van der Waals surface area contributed by atoms with Crippen LogP contribution >= 0.6 is 23.2 Å². The standard InChI is InChI=1S/C25H29ClN2O3.C24H29ClN2O3.2C24H30N2O3.CH4/c1-18-4-2-6-23(25(18)26)28-12-10-27(11-13-28)9-3-5-21(29)15-19-7-8-24-20(14-19)16-22(30)17-31-24;1-18-5-4-6-22(24(18)25)27-12-10-26(11-13-27)9-2-3-14-29-21-7-8-23-19(16-21)15-20(28)17-30-23;1-19-5-4-6-21(15-19)26-12-10-25(11-13-26)9-2-3-14-28-23-7-8-24-20(17-23)16-22(27)18-29-24;1-19-6-2-3-7-23(19)26-13-11-25(12-14-26)10-4-5-15-28-22-8-9-24-20(17-22)16-21(27)18-29-24;/h2,4,6-8,14H,3,5,9-13,15-17H2,1H3;4-8,16H,2-3,9-15,17H2,1H3;4-8,15,17H,2-3,9-14,16,18H2,1H3;2-3,6-9,17H,4-5,10-16,18H2,1H3;1H4. The van der Waals surface area contributed by atoms with Crippen molar-refractivity contribution in [1.29, 1.82) is 0 Å². The van der Waals surface area contributed by atoms with Crippen LogP contribution in [0.5, 0.6) is 40.2 Å². The Kier molecular flexibility index (Phi) is 33.8. The Bertz CT molecular complexity index is 4720. The summed E-state index contributed by atoms with van der Waals surface area (Å²) in [6.07, 6.45) is 10.1. The van der Waals surface area contributed by atoms with E-state index in [1.54, 1.807) is 0 Å². The van der Waals surface area contributed by atoms with Gasteiger partial charge in [-0.05, 0) is 218 Å². The average Bonchev–Trinajstić information content (AvgIpc) is 0.848. The number of Topliss-reactive ketones (excluding diaryl/α,β-unsaturated/α-hetero) is 5. The molecule has 8 aliphatic rings. The first kappa shape index (κ1) is 89.6. The molecule has 0 amide bonds. The normalized spacial score (nSPS) is 16.8. The zero-order chi connectivity index (χ0) is 82.8. The van der Waals surface area contributed by atoms with Gasteiger partial charge >= 0.3 is 0 Å². The van der Waals surface area contributed by atoms with Crippen molar-refractivity contribution in [3.63, 3.8) is 0 Å². The first-order valence-electron chi connectivity index (χ1n) is 43.0. The second-order valence-electron chi connectivity index (χ2n) is 32.5. The predicted molar refractivity (Wildman–Crippen MR) is 481 cm³/mol. The van der Waals surface area contributed by atoms with Crippen LogP contribution in [0.3, 0.4) is 0 Å². The molecule has 0 spiro atoms. The van der Waals surface area contributed by atoms with E-state index in [2.05, 4.69) is 139 Å². The molecular weight excluding hydrogens is 1550 g/mol. The Morgan fingerprint density at radius 3 is 1.09 bits per heavy atom. The summed E-state index contributed by atoms with van der Waals surface area (Å²) < 4.78 is 39.4. The number of piperazine rings is 4. The molecule has 0 N–H and O–H groups in total. The summed E-state index contributed by atoms with van der Waals surface area (Å²) in [5.41, 5.74) is 14.6. The summed E-state index contributed by atoms with van der Waals surface area (Å²) in [6, 6.07) is 52.9. The number of rotatable bonds is 28. The molecule has 0 aromatic heterocycles. The van der Waals surface area contributed by atoms with Crippen LogP contribution in [0.1, 0.15) is 109 Å². The molecule has 640 valence electrons. The van der Waals surface area contributed by atoms with Gasteiger partial charge in [0.1, 0.15) is 72.5 Å². The van der Waals surface area contributed by atoms with Crippen molar-refractivity contribution < 1.29 is 57.1 Å². The first-order valence-corrected chi connectivity index (χ1v) is 43.7. The number of anilines is 4. The monoisotopic (exact) mass is 1670 g/mol. The summed E-state index contributed by atoms with van der Waals surface area (Å²) in [7, 11) is 0. The lowest BCUT2D eigenvalue weighted by Crippen LogP contribution is -2.46. The first-order chi connectivity index (χ1) is 57.9. The molecule has 120 heavy (non-hydrogen) atoms. The van der Waals surface area contributed by atoms with E-state index in [0.717, 1.165) is 276 Å². The van der Waals surface area contributed by atoms with E-state index in [9.17, 15) is 24.0 Å². The highest BCUT2D eigenvalue weighted by atomic mass is 35.5. The molecule has 0 saturated carbocycles. The second kappa shape index (κ2) is 45.3. The predicted octanol–water partition coefficient (Wildman–Crippen LogP) is 15.6. The molecule has 0 aliphatic carbocycles. The molecule has 4 fully saturated rings. The highest BCUT2D eigenvalue weighted by Crippen LogP contribution is 2.35. The number of nitrogens with zero attached hydrogens (tertiary/aromatic N) is 8. The van der Waals surface area contributed by atoms with Gasteiger partial charge in [0.2, 0.25) is 0 Å². The van der Waals surface area contributed by atoms with E-state index >= 15 is 0 Å². The van der Waals surface area contributed by atoms with E-state index in [0.29, 0.717) is 58.3 Å². The van der Waals surface area contributed by atoms with Gasteiger partial charge in [0.15, 0.2) is 23.1 Å². The zero-order valence-corrected chi connectivity index (χ0v) is 71.5. The van der Waals surface area contributed by atoms with Crippen LogP contribution in [0.25, 0.3) is 0 Å². The van der Waals surface area contributed by atoms with Crippen molar-refractivity contribution in [2.75, 3.05) is 197 Å². The van der Waals surface area contributed by atoms with Crippen molar-refractivity contribution in [2.45, 2.75) is 119 Å². The number of carbonyl (C=O) groups excluding carboxylic acids is 5. The number of aryl methyl sites for hydroxylation is 4. The second-order valence-corrected chi connectivity index (χ2v) is 33.3. The number of unbranched alkanes of at least 4 members (excludes halogenated alkanes) is 3. The molecular formula is C98H122Cl2N8O12. The van der Waals surface area contributed by atoms with E-state index in [1.165, 1.54) is 22.5 Å². The molecule has 0 bridgehead atoms. The van der Waals surface area contributed by atoms with E-state index in [1.807, 2.05) is 85.8 Å². The number of ether oxygens (including phenoxy) is 7. The zero-order valence-electron chi connectivity index (χ0n) is 70.0. The Morgan fingerprint density at radius 2 is 0.692 bits per heavy atom. The Morgan fingerprint density at radius 1 is 0.350 bits per heavy atom. The number of ketones is 5. The molecule has 0 radical (unpaired) electrons. The molecule has 20 nitrogen and oxygen atoms in total. The molecule has 16 rings (SSSR count). The molecule has 8 aromatic carbocycles. The molecule has 22 heteroatoms. The fraction of sp³-hybridized carbons (Fsp3) is 0.459. The van der Waals surface area contributed by atoms with Crippen LogP contribution in [-0.2, 0) is 56.1 Å². The van der Waals surface area contributed by atoms with Crippen LogP contribution in [0, 0.1) is 27.7 Å². The van der Waals surface area contributed by atoms with Gasteiger partial charge in [0.05, 0.1) is 41.2 Å². The molecule has 0 unspecified atom stereocenters. The number of benzene rings is 8. The molecule has 8 aromatic rings. The SMILES string of the molecule is C.Cc1cccc(N2CCN(CCCC(=O)Cc3ccc4c(c3)CC(=O)CO4)CC2)c1Cl.Cc1cccc(N2CCN(CCCCOc3ccc4c(c3)CC(=O)CO4)CC2)c1.Cc1cccc(N2CCN(CCCCOc3ccc4c(c3)CC(=O)CO4)CC2)c1Cl.Cc1ccccc1N1CCN(CCCCOc2ccc3c(c2)CC(=O)CO3)CC1. The molecule has 4 saturated heterocycles. The van der Waals surface area contributed by atoms with Gasteiger partial charge < -0.3 is 52.8 Å². The number of fused-ring (bicyclic) bond motifs is 4. The number of hydrogen-bond donors (Lipinski definition) is 0. The lowest BCUT2D eigenvalue weighted by molar-refractivity contribution is -0.122. The van der Waals surface area contributed by atoms with E-state index in [4.69, 9.17) is 56.4 Å². The largest absolute Gasteiger partial charge is 0.494 e. The molecule has 8 aliphatic heterocycles. The van der Waals surface area contributed by atoms with Crippen LogP contribution in [-0.4, -0.2) is 226 Å². The van der Waals surface area contributed by atoms with Gasteiger partial charge in [-0.25, -0.2) is 0 Å². The number of hydrogen-bond acceptors (Lipinski definition) is 20. The van der Waals surface area contributed by atoms with E-state index < -0.39 is 0 Å². The fourth-order valence-corrected chi connectivity index (χ4v) is 17.0. The minimum absolute atomic E-state index is 0. The van der Waals surface area contributed by atoms with Gasteiger partial charge in [-0.3, -0.25) is 43.6 Å². The van der Waals surface area contributed by atoms with Gasteiger partial charge in [0.25, 0.3) is 0 Å². The summed E-state index contributed by atoms with van der Waals surface area (Å²) in [4.78, 5) is 78.4. The lowest BCUT2D eigenvalue weighted by atomic mass is 9.99. The van der Waals surface area contributed by atoms with Crippen LogP contribution in [0.15, 0.2) is 158 Å². The summed E-state index contributed by atoms with van der Waals surface area (Å²) >= 11 is 13.0. The minimum Gasteiger partial charge on any atom is -0.494 e. The third-order valence-electron chi connectivity index (χ3n) is 23.4. The Labute approximate surface area is 720 Å². The van der Waals surface area contributed by atoms with Crippen LogP contribution < -0.4 is 52.8 Å². The summed E-state index contributed by atoms with van der Waals surface area (Å²) in [5, 5.41) is 1.72. The molecule has 0 atom stereocenters. The van der Waals surface area contributed by atoms with Crippen molar-refractivity contribution in [1.82, 2.24) is 19.6 Å². The number of halogens is 2. The molecule has 8 heterocycles. The van der Waals surface area contributed by atoms with Gasteiger partial charge in [-0.2, -0.15) is 0 Å². The van der Waals surface area contributed by atoms with Gasteiger partial charge in [0, 0.05) is 177 Å². The topological polar surface area (TPSA) is 176 Å². The van der Waals surface area contributed by atoms with Gasteiger partial charge in [-0.1, -0.05) is 97.4 Å². The Balaban J connectivity index is 0.000000146. The Hall–Kier alpha value is -9.67.